The van der Waals surface area contributed by atoms with Gasteiger partial charge in [0.05, 0.1) is 0 Å². The average Bonchev–Trinajstić information content (AvgIpc) is 2.18. The number of hydrogen-bond donors (Lipinski definition) is 1. The maximum Gasteiger partial charge on any atom is 0.115 e. The van der Waals surface area contributed by atoms with Gasteiger partial charge in [0.15, 0.2) is 0 Å². The maximum absolute atomic E-state index is 8.63. The predicted octanol–water partition coefficient (Wildman–Crippen LogP) is 4.07. The molecular formula is C14H18O. The smallest absolute Gasteiger partial charge is 0.115 e. The van der Waals surface area contributed by atoms with Crippen molar-refractivity contribution >= 4 is 0 Å². The summed E-state index contributed by atoms with van der Waals surface area (Å²) in [4.78, 5) is 0. The minimum absolute atomic E-state index is 0.322. The fraction of sp³-hybridized carbons (Fsp3) is 0.286. The van der Waals surface area contributed by atoms with E-state index in [-0.39, 0.29) is 0 Å². The molecule has 2 rings (SSSR count). The molecule has 0 amide bonds. The molecule has 1 aliphatic rings. The summed E-state index contributed by atoms with van der Waals surface area (Å²) in [7, 11) is 0. The van der Waals surface area contributed by atoms with E-state index in [1.807, 2.05) is 6.07 Å². The molecule has 80 valence electrons. The van der Waals surface area contributed by atoms with Crippen molar-refractivity contribution in [2.75, 3.05) is 0 Å². The number of hydrogen-bond acceptors (Lipinski definition) is 1. The summed E-state index contributed by atoms with van der Waals surface area (Å²) in [5.41, 5.74) is 0. The van der Waals surface area contributed by atoms with Crippen molar-refractivity contribution in [1.29, 1.82) is 0 Å². The zero-order valence-electron chi connectivity index (χ0n) is 8.97. The number of phenols is 1. The van der Waals surface area contributed by atoms with Gasteiger partial charge in [0.1, 0.15) is 5.75 Å². The van der Waals surface area contributed by atoms with Crippen LogP contribution >= 0.6 is 0 Å². The quantitative estimate of drug-likeness (QED) is 0.629. The fourth-order valence-corrected chi connectivity index (χ4v) is 1.28. The van der Waals surface area contributed by atoms with Crippen molar-refractivity contribution in [2.24, 2.45) is 0 Å². The van der Waals surface area contributed by atoms with Crippen molar-refractivity contribution in [3.63, 3.8) is 0 Å². The lowest BCUT2D eigenvalue weighted by Crippen LogP contribution is -1.71. The number of allylic oxidation sites excluding steroid dienone is 4. The Hall–Kier alpha value is -1.50. The number of rotatable bonds is 0. The normalized spacial score (nSPS) is 14.7. The largest absolute Gasteiger partial charge is 0.508 e. The van der Waals surface area contributed by atoms with Gasteiger partial charge in [-0.15, -0.1) is 0 Å². The molecule has 0 aromatic heterocycles. The third-order valence-corrected chi connectivity index (χ3v) is 2.09. The van der Waals surface area contributed by atoms with E-state index in [4.69, 9.17) is 5.11 Å². The molecule has 0 radical (unpaired) electrons. The SMILES string of the molecule is C1=CCCC=CCC1.Oc1ccccc1. The highest BCUT2D eigenvalue weighted by Crippen LogP contribution is 2.03. The van der Waals surface area contributed by atoms with Crippen LogP contribution in [0.3, 0.4) is 0 Å². The summed E-state index contributed by atoms with van der Waals surface area (Å²) in [5.74, 6) is 0.322. The Kier molecular flexibility index (Phi) is 6.07. The lowest BCUT2D eigenvalue weighted by Gasteiger charge is -1.92. The van der Waals surface area contributed by atoms with Crippen molar-refractivity contribution < 1.29 is 5.11 Å². The highest BCUT2D eigenvalue weighted by Gasteiger charge is 1.81. The van der Waals surface area contributed by atoms with Crippen LogP contribution in [0.5, 0.6) is 5.75 Å². The third kappa shape index (κ3) is 6.55. The highest BCUT2D eigenvalue weighted by atomic mass is 16.3. The zero-order valence-corrected chi connectivity index (χ0v) is 8.97. The Bertz CT molecular complexity index is 272. The summed E-state index contributed by atoms with van der Waals surface area (Å²) >= 11 is 0. The molecule has 0 saturated heterocycles. The Morgan fingerprint density at radius 1 is 0.667 bits per heavy atom. The van der Waals surface area contributed by atoms with E-state index in [1.165, 1.54) is 25.7 Å². The van der Waals surface area contributed by atoms with Crippen LogP contribution in [0.25, 0.3) is 0 Å². The first kappa shape index (κ1) is 11.6. The van der Waals surface area contributed by atoms with Crippen LogP contribution in [0.4, 0.5) is 0 Å². The topological polar surface area (TPSA) is 20.2 Å². The van der Waals surface area contributed by atoms with Crippen LogP contribution in [0.1, 0.15) is 25.7 Å². The zero-order chi connectivity index (χ0) is 10.8. The molecule has 0 atom stereocenters. The van der Waals surface area contributed by atoms with Crippen molar-refractivity contribution in [3.8, 4) is 5.75 Å². The van der Waals surface area contributed by atoms with E-state index in [9.17, 15) is 0 Å². The highest BCUT2D eigenvalue weighted by molar-refractivity contribution is 5.18. The third-order valence-electron chi connectivity index (χ3n) is 2.09. The van der Waals surface area contributed by atoms with Crippen LogP contribution in [0.2, 0.25) is 0 Å². The molecule has 0 spiro atoms. The minimum atomic E-state index is 0.322. The van der Waals surface area contributed by atoms with Gasteiger partial charge in [-0.2, -0.15) is 0 Å². The average molecular weight is 202 g/mol. The van der Waals surface area contributed by atoms with Crippen LogP contribution in [0.15, 0.2) is 54.6 Å². The summed E-state index contributed by atoms with van der Waals surface area (Å²) < 4.78 is 0. The maximum atomic E-state index is 8.63. The molecule has 0 bridgehead atoms. The van der Waals surface area contributed by atoms with Crippen LogP contribution in [-0.4, -0.2) is 5.11 Å². The number of phenolic OH excluding ortho intramolecular Hbond substituents is 1. The molecule has 0 aliphatic heterocycles. The molecule has 0 heterocycles. The molecule has 15 heavy (non-hydrogen) atoms. The van der Waals surface area contributed by atoms with Gasteiger partial charge in [0.25, 0.3) is 0 Å². The van der Waals surface area contributed by atoms with Crippen molar-refractivity contribution in [1.82, 2.24) is 0 Å². The lowest BCUT2D eigenvalue weighted by atomic mass is 10.1. The van der Waals surface area contributed by atoms with E-state index in [1.54, 1.807) is 24.3 Å². The summed E-state index contributed by atoms with van der Waals surface area (Å²) in [5, 5.41) is 8.63. The van der Waals surface area contributed by atoms with Gasteiger partial charge in [0.2, 0.25) is 0 Å². The minimum Gasteiger partial charge on any atom is -0.508 e. The summed E-state index contributed by atoms with van der Waals surface area (Å²) in [6.07, 6.45) is 14.0. The van der Waals surface area contributed by atoms with Crippen LogP contribution in [0, 0.1) is 0 Å². The van der Waals surface area contributed by atoms with E-state index in [0.717, 1.165) is 0 Å². The Balaban J connectivity index is 0.000000151. The Morgan fingerprint density at radius 3 is 1.33 bits per heavy atom. The van der Waals surface area contributed by atoms with Gasteiger partial charge in [0, 0.05) is 0 Å². The first-order chi connectivity index (χ1) is 7.39. The van der Waals surface area contributed by atoms with E-state index in [2.05, 4.69) is 24.3 Å². The molecule has 1 aliphatic carbocycles. The lowest BCUT2D eigenvalue weighted by molar-refractivity contribution is 0.475. The van der Waals surface area contributed by atoms with Crippen molar-refractivity contribution in [3.05, 3.63) is 54.6 Å². The molecular weight excluding hydrogens is 184 g/mol. The predicted molar refractivity (Wildman–Crippen MR) is 64.9 cm³/mol. The summed E-state index contributed by atoms with van der Waals surface area (Å²) in [6.45, 7) is 0. The standard InChI is InChI=1S/C8H12.C6H6O/c1-2-4-6-8-7-5-3-1;7-6-4-2-1-3-5-6/h1-2,7-8H,3-6H2;1-5,7H. The van der Waals surface area contributed by atoms with Gasteiger partial charge in [-0.1, -0.05) is 42.5 Å². The van der Waals surface area contributed by atoms with E-state index < -0.39 is 0 Å². The molecule has 0 fully saturated rings. The molecule has 1 heteroatoms. The number of benzene rings is 1. The van der Waals surface area contributed by atoms with Gasteiger partial charge < -0.3 is 5.11 Å². The first-order valence-corrected chi connectivity index (χ1v) is 5.43. The molecule has 0 saturated carbocycles. The van der Waals surface area contributed by atoms with Crippen LogP contribution < -0.4 is 0 Å². The van der Waals surface area contributed by atoms with E-state index >= 15 is 0 Å². The molecule has 1 aromatic rings. The molecule has 1 N–H and O–H groups in total. The second-order valence-corrected chi connectivity index (χ2v) is 3.43. The fourth-order valence-electron chi connectivity index (χ4n) is 1.28. The second-order valence-electron chi connectivity index (χ2n) is 3.43. The Morgan fingerprint density at radius 2 is 1.07 bits per heavy atom. The molecule has 0 unspecified atom stereocenters. The first-order valence-electron chi connectivity index (χ1n) is 5.43. The van der Waals surface area contributed by atoms with Gasteiger partial charge in [-0.05, 0) is 37.8 Å². The van der Waals surface area contributed by atoms with E-state index in [0.29, 0.717) is 5.75 Å². The van der Waals surface area contributed by atoms with Gasteiger partial charge in [-0.3, -0.25) is 0 Å². The van der Waals surface area contributed by atoms with Gasteiger partial charge >= 0.3 is 0 Å². The van der Waals surface area contributed by atoms with Crippen molar-refractivity contribution in [2.45, 2.75) is 25.7 Å². The number of para-hydroxylation sites is 1. The number of aromatic hydroxyl groups is 1. The second kappa shape index (κ2) is 7.86. The summed E-state index contributed by atoms with van der Waals surface area (Å²) in [6, 6.07) is 8.71. The van der Waals surface area contributed by atoms with Gasteiger partial charge in [-0.25, -0.2) is 0 Å². The Labute approximate surface area is 91.8 Å². The van der Waals surface area contributed by atoms with Crippen LogP contribution in [-0.2, 0) is 0 Å². The molecule has 1 aromatic carbocycles. The molecule has 1 nitrogen and oxygen atoms in total. The monoisotopic (exact) mass is 202 g/mol.